The Morgan fingerprint density at radius 2 is 1.86 bits per heavy atom. The lowest BCUT2D eigenvalue weighted by Gasteiger charge is -2.13. The van der Waals surface area contributed by atoms with Gasteiger partial charge < -0.3 is 18.9 Å². The number of hydrogen-bond donors (Lipinski definition) is 0. The maximum atomic E-state index is 11.6. The molecule has 6 nitrogen and oxygen atoms in total. The average molecular weight is 309 g/mol. The quantitative estimate of drug-likeness (QED) is 0.614. The molecule has 0 spiro atoms. The second kappa shape index (κ2) is 10.6. The van der Waals surface area contributed by atoms with Crippen molar-refractivity contribution in [1.82, 2.24) is 0 Å². The third-order valence-electron chi connectivity index (χ3n) is 2.52. The van der Waals surface area contributed by atoms with Crippen LogP contribution in [0.2, 0.25) is 0 Å². The third kappa shape index (κ3) is 8.26. The zero-order valence-corrected chi connectivity index (χ0v) is 12.7. The predicted octanol–water partition coefficient (Wildman–Crippen LogP) is 1.78. The van der Waals surface area contributed by atoms with Crippen LogP contribution in [0.3, 0.4) is 0 Å². The molecule has 6 heteroatoms. The highest BCUT2D eigenvalue weighted by Gasteiger charge is 2.11. The smallest absolute Gasteiger partial charge is 0.344 e. The molecule has 22 heavy (non-hydrogen) atoms. The Balaban J connectivity index is 2.12. The number of benzene rings is 1. The largest absolute Gasteiger partial charge is 0.482 e. The van der Waals surface area contributed by atoms with Crippen LogP contribution in [0, 0.1) is 6.92 Å². The molecule has 0 aromatic heterocycles. The highest BCUT2D eigenvalue weighted by atomic mass is 16.6. The van der Waals surface area contributed by atoms with E-state index in [9.17, 15) is 9.59 Å². The topological polar surface area (TPSA) is 71.1 Å². The van der Waals surface area contributed by atoms with Gasteiger partial charge in [0.25, 0.3) is 0 Å². The lowest BCUT2D eigenvalue weighted by Crippen LogP contribution is -2.23. The summed E-state index contributed by atoms with van der Waals surface area (Å²) in [6, 6.07) is 8.95. The molecule has 1 atom stereocenters. The summed E-state index contributed by atoms with van der Waals surface area (Å²) in [4.78, 5) is 22.7. The third-order valence-corrected chi connectivity index (χ3v) is 2.52. The molecule has 0 saturated heterocycles. The predicted molar refractivity (Wildman–Crippen MR) is 79.2 cm³/mol. The van der Waals surface area contributed by atoms with Crippen LogP contribution in [-0.2, 0) is 23.8 Å². The van der Waals surface area contributed by atoms with Gasteiger partial charge in [0.2, 0.25) is 0 Å². The second-order valence-electron chi connectivity index (χ2n) is 4.36. The molecule has 0 heterocycles. The summed E-state index contributed by atoms with van der Waals surface area (Å²) < 4.78 is 20.1. The van der Waals surface area contributed by atoms with E-state index in [-0.39, 0.29) is 19.8 Å². The van der Waals surface area contributed by atoms with Gasteiger partial charge in [-0.1, -0.05) is 18.2 Å². The Kier molecular flexibility index (Phi) is 8.67. The van der Waals surface area contributed by atoms with E-state index in [1.807, 2.05) is 6.07 Å². The Labute approximate surface area is 130 Å². The van der Waals surface area contributed by atoms with E-state index in [1.54, 1.807) is 31.2 Å². The zero-order valence-electron chi connectivity index (χ0n) is 12.7. The minimum atomic E-state index is -0.605. The molecule has 0 fully saturated rings. The zero-order chi connectivity index (χ0) is 16.2. The van der Waals surface area contributed by atoms with Crippen molar-refractivity contribution < 1.29 is 28.5 Å². The first kappa shape index (κ1) is 18.0. The number of hydrogen-bond acceptors (Lipinski definition) is 6. The molecule has 1 aromatic rings. The van der Waals surface area contributed by atoms with Crippen LogP contribution in [-0.4, -0.2) is 44.5 Å². The van der Waals surface area contributed by atoms with Crippen LogP contribution in [0.15, 0.2) is 30.3 Å². The number of carbonyl (C=O) groups is 2. The molecule has 0 amide bonds. The lowest BCUT2D eigenvalue weighted by molar-refractivity contribution is -0.152. The van der Waals surface area contributed by atoms with Gasteiger partial charge in [-0.25, -0.2) is 9.59 Å². The van der Waals surface area contributed by atoms with Crippen molar-refractivity contribution in [3.05, 3.63) is 37.3 Å². The number of carbonyl (C=O) groups excluding carboxylic acids is 2. The molecule has 0 aliphatic rings. The Hall–Kier alpha value is -2.08. The SMILES string of the molecule is [CH2]C(CCOC(=O)COCC)OC(=O)COc1ccccc1. The summed E-state index contributed by atoms with van der Waals surface area (Å²) in [6.07, 6.45) is -0.290. The van der Waals surface area contributed by atoms with Gasteiger partial charge in [-0.15, -0.1) is 0 Å². The minimum Gasteiger partial charge on any atom is -0.482 e. The second-order valence-corrected chi connectivity index (χ2v) is 4.36. The van der Waals surface area contributed by atoms with Crippen LogP contribution < -0.4 is 4.74 Å². The molecular formula is C16H21O6. The molecule has 0 aliphatic heterocycles. The normalized spacial score (nSPS) is 11.5. The van der Waals surface area contributed by atoms with E-state index < -0.39 is 18.0 Å². The van der Waals surface area contributed by atoms with Gasteiger partial charge in [0.05, 0.1) is 6.61 Å². The summed E-state index contributed by atoms with van der Waals surface area (Å²) in [5.74, 6) is -0.387. The fourth-order valence-electron chi connectivity index (χ4n) is 1.47. The van der Waals surface area contributed by atoms with Gasteiger partial charge in [-0.3, -0.25) is 0 Å². The summed E-state index contributed by atoms with van der Waals surface area (Å²) >= 11 is 0. The van der Waals surface area contributed by atoms with Gasteiger partial charge in [0.1, 0.15) is 18.5 Å². The molecule has 1 aromatic carbocycles. The first-order valence-corrected chi connectivity index (χ1v) is 7.05. The van der Waals surface area contributed by atoms with E-state index in [0.717, 1.165) is 0 Å². The first-order valence-electron chi connectivity index (χ1n) is 7.05. The van der Waals surface area contributed by atoms with E-state index in [4.69, 9.17) is 18.9 Å². The highest BCUT2D eigenvalue weighted by Crippen LogP contribution is 2.08. The fraction of sp³-hybridized carbons (Fsp3) is 0.438. The van der Waals surface area contributed by atoms with E-state index in [1.165, 1.54) is 0 Å². The molecule has 1 unspecified atom stereocenters. The van der Waals surface area contributed by atoms with Crippen LogP contribution in [0.4, 0.5) is 0 Å². The molecule has 0 N–H and O–H groups in total. The molecular weight excluding hydrogens is 288 g/mol. The molecule has 121 valence electrons. The Bertz CT molecular complexity index is 445. The fourth-order valence-corrected chi connectivity index (χ4v) is 1.47. The van der Waals surface area contributed by atoms with Gasteiger partial charge in [0, 0.05) is 13.0 Å². The first-order chi connectivity index (χ1) is 10.6. The molecule has 1 radical (unpaired) electrons. The van der Waals surface area contributed by atoms with Crippen LogP contribution in [0.25, 0.3) is 0 Å². The van der Waals surface area contributed by atoms with Crippen molar-refractivity contribution in [2.24, 2.45) is 0 Å². The van der Waals surface area contributed by atoms with Crippen molar-refractivity contribution in [3.63, 3.8) is 0 Å². The highest BCUT2D eigenvalue weighted by molar-refractivity contribution is 5.71. The monoisotopic (exact) mass is 309 g/mol. The van der Waals surface area contributed by atoms with Crippen LogP contribution in [0.5, 0.6) is 5.75 Å². The van der Waals surface area contributed by atoms with Crippen molar-refractivity contribution in [3.8, 4) is 5.75 Å². The summed E-state index contributed by atoms with van der Waals surface area (Å²) in [6.45, 7) is 5.75. The maximum absolute atomic E-state index is 11.6. The molecule has 0 aliphatic carbocycles. The van der Waals surface area contributed by atoms with Gasteiger partial charge in [0.15, 0.2) is 6.61 Å². The van der Waals surface area contributed by atoms with Crippen molar-refractivity contribution >= 4 is 11.9 Å². The molecule has 0 bridgehead atoms. The van der Waals surface area contributed by atoms with Gasteiger partial charge in [-0.2, -0.15) is 0 Å². The molecule has 0 saturated carbocycles. The minimum absolute atomic E-state index is 0.0803. The molecule has 1 rings (SSSR count). The van der Waals surface area contributed by atoms with Gasteiger partial charge >= 0.3 is 11.9 Å². The summed E-state index contributed by atoms with van der Waals surface area (Å²) in [7, 11) is 0. The van der Waals surface area contributed by atoms with Gasteiger partial charge in [-0.05, 0) is 26.0 Å². The Morgan fingerprint density at radius 1 is 1.14 bits per heavy atom. The van der Waals surface area contributed by atoms with Crippen molar-refractivity contribution in [2.75, 3.05) is 26.4 Å². The van der Waals surface area contributed by atoms with Crippen LogP contribution >= 0.6 is 0 Å². The van der Waals surface area contributed by atoms with Crippen molar-refractivity contribution in [1.29, 1.82) is 0 Å². The lowest BCUT2D eigenvalue weighted by atomic mass is 10.3. The standard InChI is InChI=1S/C16H21O6/c1-3-19-11-15(17)20-10-9-13(2)22-16(18)12-21-14-7-5-4-6-8-14/h4-8,13H,2-3,9-12H2,1H3. The van der Waals surface area contributed by atoms with E-state index in [2.05, 4.69) is 6.92 Å². The maximum Gasteiger partial charge on any atom is 0.344 e. The number of para-hydroxylation sites is 1. The Morgan fingerprint density at radius 3 is 2.55 bits per heavy atom. The van der Waals surface area contributed by atoms with Crippen molar-refractivity contribution in [2.45, 2.75) is 19.4 Å². The number of esters is 2. The average Bonchev–Trinajstić information content (AvgIpc) is 2.52. The number of rotatable bonds is 10. The van der Waals surface area contributed by atoms with E-state index >= 15 is 0 Å². The van der Waals surface area contributed by atoms with E-state index in [0.29, 0.717) is 18.8 Å². The number of ether oxygens (including phenoxy) is 4. The summed E-state index contributed by atoms with van der Waals surface area (Å²) in [5.41, 5.74) is 0. The summed E-state index contributed by atoms with van der Waals surface area (Å²) in [5, 5.41) is 0. The van der Waals surface area contributed by atoms with Crippen LogP contribution in [0.1, 0.15) is 13.3 Å².